The van der Waals surface area contributed by atoms with Crippen LogP contribution in [-0.2, 0) is 27.5 Å². The molecule has 1 aromatic carbocycles. The minimum absolute atomic E-state index is 0.000517. The molecule has 0 saturated heterocycles. The summed E-state index contributed by atoms with van der Waals surface area (Å²) in [5, 5.41) is 13.4. The minimum atomic E-state index is -0.721. The Morgan fingerprint density at radius 1 is 1.33 bits per heavy atom. The summed E-state index contributed by atoms with van der Waals surface area (Å²) in [6, 6.07) is 5.61. The SMILES string of the molecule is O=C(CNC(=O)c1ccc(Br)o1)OCc1cc([N+](=O)[O-])cc2c1OCOC2. The normalized spacial score (nSPS) is 12.6. The third-order valence-electron chi connectivity index (χ3n) is 3.56. The van der Waals surface area contributed by atoms with E-state index in [1.54, 1.807) is 6.07 Å². The summed E-state index contributed by atoms with van der Waals surface area (Å²) in [7, 11) is 0. The number of esters is 1. The van der Waals surface area contributed by atoms with Crippen LogP contribution >= 0.6 is 15.9 Å². The number of nitrogens with one attached hydrogen (secondary N) is 1. The van der Waals surface area contributed by atoms with Gasteiger partial charge in [0.25, 0.3) is 11.6 Å². The van der Waals surface area contributed by atoms with Gasteiger partial charge in [0, 0.05) is 23.3 Å². The van der Waals surface area contributed by atoms with Gasteiger partial charge in [-0.15, -0.1) is 0 Å². The van der Waals surface area contributed by atoms with Gasteiger partial charge in [-0.05, 0) is 28.1 Å². The fourth-order valence-corrected chi connectivity index (χ4v) is 2.69. The first kappa shape index (κ1) is 18.9. The van der Waals surface area contributed by atoms with Gasteiger partial charge in [0.05, 0.1) is 11.5 Å². The molecule has 142 valence electrons. The zero-order valence-corrected chi connectivity index (χ0v) is 15.3. The van der Waals surface area contributed by atoms with E-state index in [0.29, 0.717) is 21.5 Å². The molecule has 1 amide bonds. The van der Waals surface area contributed by atoms with Crippen LogP contribution in [0.15, 0.2) is 33.4 Å². The Kier molecular flexibility index (Phi) is 5.72. The second-order valence-electron chi connectivity index (χ2n) is 5.41. The molecule has 27 heavy (non-hydrogen) atoms. The number of benzene rings is 1. The van der Waals surface area contributed by atoms with Gasteiger partial charge in [0.1, 0.15) is 18.9 Å². The summed E-state index contributed by atoms with van der Waals surface area (Å²) < 4.78 is 21.0. The number of nitrogens with zero attached hydrogens (tertiary/aromatic N) is 1. The van der Waals surface area contributed by atoms with Crippen LogP contribution in [0.1, 0.15) is 21.7 Å². The van der Waals surface area contributed by atoms with Crippen molar-refractivity contribution >= 4 is 33.5 Å². The number of rotatable bonds is 6. The van der Waals surface area contributed by atoms with Crippen molar-refractivity contribution in [1.82, 2.24) is 5.32 Å². The van der Waals surface area contributed by atoms with Crippen molar-refractivity contribution in [1.29, 1.82) is 0 Å². The number of amides is 1. The molecular weight excluding hydrogens is 428 g/mol. The van der Waals surface area contributed by atoms with E-state index in [4.69, 9.17) is 18.6 Å². The van der Waals surface area contributed by atoms with E-state index in [-0.39, 0.29) is 31.5 Å². The van der Waals surface area contributed by atoms with Gasteiger partial charge in [0.15, 0.2) is 17.2 Å². The maximum atomic E-state index is 11.9. The highest BCUT2D eigenvalue weighted by atomic mass is 79.9. The van der Waals surface area contributed by atoms with Crippen LogP contribution in [0.4, 0.5) is 5.69 Å². The molecule has 3 rings (SSSR count). The maximum Gasteiger partial charge on any atom is 0.325 e. The number of ether oxygens (including phenoxy) is 3. The lowest BCUT2D eigenvalue weighted by atomic mass is 10.1. The highest BCUT2D eigenvalue weighted by Gasteiger charge is 2.22. The van der Waals surface area contributed by atoms with Crippen molar-refractivity contribution < 1.29 is 33.1 Å². The largest absolute Gasteiger partial charge is 0.467 e. The van der Waals surface area contributed by atoms with E-state index in [1.807, 2.05) is 0 Å². The molecular formula is C16H13BrN2O8. The van der Waals surface area contributed by atoms with E-state index in [9.17, 15) is 19.7 Å². The van der Waals surface area contributed by atoms with Crippen molar-refractivity contribution in [2.45, 2.75) is 13.2 Å². The first-order valence-electron chi connectivity index (χ1n) is 7.64. The number of fused-ring (bicyclic) bond motifs is 1. The Bertz CT molecular complexity index is 895. The Morgan fingerprint density at radius 3 is 2.85 bits per heavy atom. The Balaban J connectivity index is 1.60. The fourth-order valence-electron chi connectivity index (χ4n) is 2.38. The molecule has 0 fully saturated rings. The second-order valence-corrected chi connectivity index (χ2v) is 6.19. The molecule has 0 aliphatic carbocycles. The molecule has 11 heteroatoms. The zero-order valence-electron chi connectivity index (χ0n) is 13.7. The predicted octanol–water partition coefficient (Wildman–Crippen LogP) is 2.29. The lowest BCUT2D eigenvalue weighted by molar-refractivity contribution is -0.385. The molecule has 0 atom stereocenters. The molecule has 0 unspecified atom stereocenters. The Labute approximate surface area is 160 Å². The first-order chi connectivity index (χ1) is 12.9. The molecule has 10 nitrogen and oxygen atoms in total. The van der Waals surface area contributed by atoms with Crippen LogP contribution < -0.4 is 10.1 Å². The van der Waals surface area contributed by atoms with Crippen molar-refractivity contribution in [3.8, 4) is 5.75 Å². The number of nitro groups is 1. The highest BCUT2D eigenvalue weighted by molar-refractivity contribution is 9.10. The number of furan rings is 1. The number of carbonyl (C=O) groups excluding carboxylic acids is 2. The van der Waals surface area contributed by atoms with Crippen LogP contribution in [0.25, 0.3) is 0 Å². The molecule has 1 aliphatic heterocycles. The molecule has 1 aromatic heterocycles. The molecule has 2 aromatic rings. The van der Waals surface area contributed by atoms with E-state index in [2.05, 4.69) is 21.2 Å². The van der Waals surface area contributed by atoms with Crippen LogP contribution in [0.5, 0.6) is 5.75 Å². The quantitative estimate of drug-likeness (QED) is 0.411. The molecule has 0 radical (unpaired) electrons. The summed E-state index contributed by atoms with van der Waals surface area (Å²) in [4.78, 5) is 34.2. The van der Waals surface area contributed by atoms with Gasteiger partial charge in [-0.3, -0.25) is 19.7 Å². The summed E-state index contributed by atoms with van der Waals surface area (Å²) in [6.07, 6.45) is 0. The van der Waals surface area contributed by atoms with E-state index < -0.39 is 23.3 Å². The predicted molar refractivity (Wildman–Crippen MR) is 91.9 cm³/mol. The van der Waals surface area contributed by atoms with Gasteiger partial charge in [-0.1, -0.05) is 0 Å². The summed E-state index contributed by atoms with van der Waals surface area (Å²) >= 11 is 3.07. The number of hydrogen-bond donors (Lipinski definition) is 1. The highest BCUT2D eigenvalue weighted by Crippen LogP contribution is 2.33. The summed E-state index contributed by atoms with van der Waals surface area (Å²) in [5.41, 5.74) is 0.681. The van der Waals surface area contributed by atoms with Gasteiger partial charge >= 0.3 is 5.97 Å². The standard InChI is InChI=1S/C16H13BrN2O8/c17-13-2-1-12(27-13)16(21)18-5-14(20)25-7-10-4-11(19(22)23)3-9-6-24-8-26-15(9)10/h1-4H,5-8H2,(H,18,21). The van der Waals surface area contributed by atoms with Crippen LogP contribution in [0.2, 0.25) is 0 Å². The fraction of sp³-hybridized carbons (Fsp3) is 0.250. The Morgan fingerprint density at radius 2 is 2.15 bits per heavy atom. The lowest BCUT2D eigenvalue weighted by Gasteiger charge is -2.20. The monoisotopic (exact) mass is 440 g/mol. The van der Waals surface area contributed by atoms with Crippen molar-refractivity contribution in [3.05, 3.63) is 55.9 Å². The lowest BCUT2D eigenvalue weighted by Crippen LogP contribution is -2.30. The number of non-ortho nitro benzene ring substituents is 1. The third-order valence-corrected chi connectivity index (χ3v) is 3.99. The average Bonchev–Trinajstić information content (AvgIpc) is 3.10. The van der Waals surface area contributed by atoms with Gasteiger partial charge in [-0.2, -0.15) is 0 Å². The van der Waals surface area contributed by atoms with Gasteiger partial charge < -0.3 is 23.9 Å². The molecule has 0 bridgehead atoms. The van der Waals surface area contributed by atoms with Crippen molar-refractivity contribution in [2.75, 3.05) is 13.3 Å². The van der Waals surface area contributed by atoms with E-state index in [1.165, 1.54) is 18.2 Å². The van der Waals surface area contributed by atoms with Gasteiger partial charge in [-0.25, -0.2) is 0 Å². The van der Waals surface area contributed by atoms with Crippen molar-refractivity contribution in [2.24, 2.45) is 0 Å². The van der Waals surface area contributed by atoms with Crippen LogP contribution in [0, 0.1) is 10.1 Å². The minimum Gasteiger partial charge on any atom is -0.467 e. The molecule has 0 saturated carbocycles. The van der Waals surface area contributed by atoms with E-state index in [0.717, 1.165) is 0 Å². The second kappa shape index (κ2) is 8.18. The Hall–Kier alpha value is -2.92. The summed E-state index contributed by atoms with van der Waals surface area (Å²) in [6.45, 7) is -0.476. The van der Waals surface area contributed by atoms with Crippen LogP contribution in [-0.4, -0.2) is 30.1 Å². The number of halogens is 1. The molecule has 1 N–H and O–H groups in total. The van der Waals surface area contributed by atoms with E-state index >= 15 is 0 Å². The molecule has 1 aliphatic rings. The number of carbonyl (C=O) groups is 2. The first-order valence-corrected chi connectivity index (χ1v) is 8.43. The summed E-state index contributed by atoms with van der Waals surface area (Å²) in [5.74, 6) is -0.868. The molecule has 2 heterocycles. The molecule has 0 spiro atoms. The number of hydrogen-bond acceptors (Lipinski definition) is 8. The van der Waals surface area contributed by atoms with Crippen molar-refractivity contribution in [3.63, 3.8) is 0 Å². The average molecular weight is 441 g/mol. The smallest absolute Gasteiger partial charge is 0.325 e. The number of nitro benzene ring substituents is 1. The maximum absolute atomic E-state index is 11.9. The van der Waals surface area contributed by atoms with Gasteiger partial charge in [0.2, 0.25) is 0 Å². The zero-order chi connectivity index (χ0) is 19.4. The third kappa shape index (κ3) is 4.63. The topological polar surface area (TPSA) is 130 Å². The van der Waals surface area contributed by atoms with Crippen LogP contribution in [0.3, 0.4) is 0 Å².